The Labute approximate surface area is 121 Å². The van der Waals surface area contributed by atoms with Gasteiger partial charge in [0.15, 0.2) is 0 Å². The highest BCUT2D eigenvalue weighted by Gasteiger charge is 2.09. The molecule has 0 aliphatic carbocycles. The van der Waals surface area contributed by atoms with Crippen LogP contribution < -0.4 is 11.5 Å². The van der Waals surface area contributed by atoms with E-state index < -0.39 is 5.91 Å². The first-order chi connectivity index (χ1) is 9.49. The molecule has 2 aromatic rings. The number of hydrogen-bond acceptors (Lipinski definition) is 3. The summed E-state index contributed by atoms with van der Waals surface area (Å²) in [5.41, 5.74) is 13.5. The first-order valence-electron chi connectivity index (χ1n) is 6.05. The molecule has 0 spiro atoms. The summed E-state index contributed by atoms with van der Waals surface area (Å²) in [5, 5.41) is 0. The van der Waals surface area contributed by atoms with Gasteiger partial charge in [-0.2, -0.15) is 0 Å². The summed E-state index contributed by atoms with van der Waals surface area (Å²) >= 11 is 1.48. The predicted molar refractivity (Wildman–Crippen MR) is 80.1 cm³/mol. The maximum absolute atomic E-state index is 13.7. The van der Waals surface area contributed by atoms with E-state index in [-0.39, 0.29) is 5.82 Å². The molecular weight excluding hydrogens is 275 g/mol. The lowest BCUT2D eigenvalue weighted by molar-refractivity contribution is 0.1000. The normalized spacial score (nSPS) is 10.5. The van der Waals surface area contributed by atoms with Crippen LogP contribution in [0.2, 0.25) is 0 Å². The minimum atomic E-state index is -0.559. The molecule has 5 heteroatoms. The second-order valence-corrected chi connectivity index (χ2v) is 5.45. The summed E-state index contributed by atoms with van der Waals surface area (Å²) in [5.74, 6) is -0.488. The quantitative estimate of drug-likeness (QED) is 0.671. The Morgan fingerprint density at radius 2 is 2.05 bits per heavy atom. The fourth-order valence-electron chi connectivity index (χ4n) is 1.78. The van der Waals surface area contributed by atoms with Crippen molar-refractivity contribution >= 4 is 23.4 Å². The lowest BCUT2D eigenvalue weighted by Crippen LogP contribution is -2.11. The lowest BCUT2D eigenvalue weighted by Gasteiger charge is -2.09. The predicted octanol–water partition coefficient (Wildman–Crippen LogP) is 3.11. The summed E-state index contributed by atoms with van der Waals surface area (Å²) in [6.45, 7) is 1.92. The van der Waals surface area contributed by atoms with Crippen LogP contribution in [0, 0.1) is 12.7 Å². The standard InChI is InChI=1S/C15H15FN2OS/c1-9-13(17)3-2-4-14(9)20-8-11-7-10(15(18)19)5-6-12(11)16/h2-7H,8,17H2,1H3,(H2,18,19). The molecule has 1 amide bonds. The van der Waals surface area contributed by atoms with Crippen LogP contribution in [0.1, 0.15) is 21.5 Å². The van der Waals surface area contributed by atoms with E-state index in [0.29, 0.717) is 22.6 Å². The first-order valence-corrected chi connectivity index (χ1v) is 7.03. The Hall–Kier alpha value is -2.01. The molecule has 0 unspecified atom stereocenters. The van der Waals surface area contributed by atoms with E-state index >= 15 is 0 Å². The maximum atomic E-state index is 13.7. The van der Waals surface area contributed by atoms with Gasteiger partial charge in [-0.25, -0.2) is 4.39 Å². The average molecular weight is 290 g/mol. The SMILES string of the molecule is Cc1c(N)cccc1SCc1cc(C(N)=O)ccc1F. The molecule has 2 aromatic carbocycles. The number of halogens is 1. The lowest BCUT2D eigenvalue weighted by atomic mass is 10.1. The smallest absolute Gasteiger partial charge is 0.248 e. The van der Waals surface area contributed by atoms with Crippen molar-refractivity contribution in [2.75, 3.05) is 5.73 Å². The fourth-order valence-corrected chi connectivity index (χ4v) is 2.82. The van der Waals surface area contributed by atoms with Crippen molar-refractivity contribution in [1.29, 1.82) is 0 Å². The molecule has 0 radical (unpaired) electrons. The van der Waals surface area contributed by atoms with Gasteiger partial charge in [0.25, 0.3) is 0 Å². The van der Waals surface area contributed by atoms with E-state index in [2.05, 4.69) is 0 Å². The van der Waals surface area contributed by atoms with Crippen molar-refractivity contribution in [3.63, 3.8) is 0 Å². The van der Waals surface area contributed by atoms with Crippen LogP contribution in [0.15, 0.2) is 41.3 Å². The van der Waals surface area contributed by atoms with Gasteiger partial charge in [-0.1, -0.05) is 6.07 Å². The minimum Gasteiger partial charge on any atom is -0.398 e. The van der Waals surface area contributed by atoms with Crippen LogP contribution in [0.4, 0.5) is 10.1 Å². The van der Waals surface area contributed by atoms with Gasteiger partial charge < -0.3 is 11.5 Å². The largest absolute Gasteiger partial charge is 0.398 e. The number of primary amides is 1. The average Bonchev–Trinajstić information content (AvgIpc) is 2.41. The summed E-state index contributed by atoms with van der Waals surface area (Å²) in [6.07, 6.45) is 0. The maximum Gasteiger partial charge on any atom is 0.248 e. The topological polar surface area (TPSA) is 69.1 Å². The Morgan fingerprint density at radius 3 is 2.75 bits per heavy atom. The van der Waals surface area contributed by atoms with Crippen molar-refractivity contribution in [2.24, 2.45) is 5.73 Å². The van der Waals surface area contributed by atoms with Crippen LogP contribution in [-0.2, 0) is 5.75 Å². The Balaban J connectivity index is 2.20. The third-order valence-electron chi connectivity index (χ3n) is 3.04. The number of nitrogens with two attached hydrogens (primary N) is 2. The van der Waals surface area contributed by atoms with E-state index in [4.69, 9.17) is 11.5 Å². The molecule has 20 heavy (non-hydrogen) atoms. The number of nitrogen functional groups attached to an aromatic ring is 1. The van der Waals surface area contributed by atoms with Crippen LogP contribution >= 0.6 is 11.8 Å². The van der Waals surface area contributed by atoms with Gasteiger partial charge >= 0.3 is 0 Å². The molecular formula is C15H15FN2OS. The molecule has 0 aliphatic rings. The van der Waals surface area contributed by atoms with Crippen molar-refractivity contribution in [1.82, 2.24) is 0 Å². The van der Waals surface area contributed by atoms with Crippen LogP contribution in [0.25, 0.3) is 0 Å². The number of thioether (sulfide) groups is 1. The highest BCUT2D eigenvalue weighted by atomic mass is 32.2. The van der Waals surface area contributed by atoms with Crippen molar-refractivity contribution in [3.05, 3.63) is 58.9 Å². The number of carbonyl (C=O) groups is 1. The molecule has 2 rings (SSSR count). The summed E-state index contributed by atoms with van der Waals surface area (Å²) < 4.78 is 13.7. The highest BCUT2D eigenvalue weighted by Crippen LogP contribution is 2.29. The second kappa shape index (κ2) is 5.96. The highest BCUT2D eigenvalue weighted by molar-refractivity contribution is 7.98. The third kappa shape index (κ3) is 3.11. The van der Waals surface area contributed by atoms with Gasteiger partial charge in [0.05, 0.1) is 0 Å². The number of hydrogen-bond donors (Lipinski definition) is 2. The van der Waals surface area contributed by atoms with Crippen molar-refractivity contribution in [3.8, 4) is 0 Å². The van der Waals surface area contributed by atoms with Crippen molar-refractivity contribution < 1.29 is 9.18 Å². The summed E-state index contributed by atoms with van der Waals surface area (Å²) in [4.78, 5) is 12.1. The number of carbonyl (C=O) groups excluding carboxylic acids is 1. The van der Waals surface area contributed by atoms with Gasteiger partial charge in [-0.15, -0.1) is 11.8 Å². The fraction of sp³-hybridized carbons (Fsp3) is 0.133. The monoisotopic (exact) mass is 290 g/mol. The van der Waals surface area contributed by atoms with Crippen LogP contribution in [0.5, 0.6) is 0 Å². The molecule has 0 saturated carbocycles. The molecule has 0 fully saturated rings. The number of amides is 1. The van der Waals surface area contributed by atoms with Gasteiger partial charge in [0.1, 0.15) is 5.82 Å². The zero-order valence-corrected chi connectivity index (χ0v) is 11.8. The minimum absolute atomic E-state index is 0.311. The molecule has 0 bridgehead atoms. The molecule has 104 valence electrons. The first kappa shape index (κ1) is 14.4. The van der Waals surface area contributed by atoms with E-state index in [9.17, 15) is 9.18 Å². The van der Waals surface area contributed by atoms with E-state index in [1.54, 1.807) is 0 Å². The van der Waals surface area contributed by atoms with E-state index in [1.807, 2.05) is 25.1 Å². The van der Waals surface area contributed by atoms with Gasteiger partial charge in [0, 0.05) is 21.9 Å². The summed E-state index contributed by atoms with van der Waals surface area (Å²) in [7, 11) is 0. The van der Waals surface area contributed by atoms with Gasteiger partial charge in [-0.3, -0.25) is 4.79 Å². The molecule has 0 heterocycles. The zero-order valence-electron chi connectivity index (χ0n) is 11.0. The second-order valence-electron chi connectivity index (χ2n) is 4.43. The number of benzene rings is 2. The molecule has 0 atom stereocenters. The van der Waals surface area contributed by atoms with Crippen LogP contribution in [0.3, 0.4) is 0 Å². The zero-order chi connectivity index (χ0) is 14.7. The Bertz CT molecular complexity index is 658. The molecule has 0 aromatic heterocycles. The molecule has 0 aliphatic heterocycles. The molecule has 0 saturated heterocycles. The van der Waals surface area contributed by atoms with Crippen LogP contribution in [-0.4, -0.2) is 5.91 Å². The van der Waals surface area contributed by atoms with Gasteiger partial charge in [-0.05, 0) is 48.4 Å². The summed E-state index contributed by atoms with van der Waals surface area (Å²) in [6, 6.07) is 9.77. The van der Waals surface area contributed by atoms with Gasteiger partial charge in [0.2, 0.25) is 5.91 Å². The molecule has 3 nitrogen and oxygen atoms in total. The third-order valence-corrected chi connectivity index (χ3v) is 4.25. The number of rotatable bonds is 4. The number of anilines is 1. The van der Waals surface area contributed by atoms with E-state index in [0.717, 1.165) is 10.5 Å². The Morgan fingerprint density at radius 1 is 1.30 bits per heavy atom. The van der Waals surface area contributed by atoms with Crippen molar-refractivity contribution in [2.45, 2.75) is 17.6 Å². The van der Waals surface area contributed by atoms with E-state index in [1.165, 1.54) is 30.0 Å². The molecule has 4 N–H and O–H groups in total. The Kier molecular flexibility index (Phi) is 4.29.